The molecule has 0 spiro atoms. The molecule has 0 radical (unpaired) electrons. The van der Waals surface area contributed by atoms with E-state index in [1.165, 1.54) is 30.3 Å². The van der Waals surface area contributed by atoms with Gasteiger partial charge in [0.05, 0.1) is 11.1 Å². The van der Waals surface area contributed by atoms with Crippen molar-refractivity contribution in [3.63, 3.8) is 0 Å². The summed E-state index contributed by atoms with van der Waals surface area (Å²) in [7, 11) is 0. The number of carboxylic acid groups (broad SMARTS) is 1. The largest absolute Gasteiger partial charge is 0.478 e. The molecular weight excluding hydrogens is 283 g/mol. The summed E-state index contributed by atoms with van der Waals surface area (Å²) in [5, 5.41) is 11.8. The molecule has 21 heavy (non-hydrogen) atoms. The van der Waals surface area contributed by atoms with Crippen molar-refractivity contribution < 1.29 is 23.1 Å². The monoisotopic (exact) mass is 295 g/mol. The van der Waals surface area contributed by atoms with Gasteiger partial charge in [-0.25, -0.2) is 4.79 Å². The van der Waals surface area contributed by atoms with Crippen LogP contribution in [-0.2, 0) is 12.7 Å². The van der Waals surface area contributed by atoms with Crippen molar-refractivity contribution in [2.24, 2.45) is 0 Å². The highest BCUT2D eigenvalue weighted by atomic mass is 19.4. The molecule has 2 rings (SSSR count). The van der Waals surface area contributed by atoms with Gasteiger partial charge in [0.25, 0.3) is 0 Å². The Balaban J connectivity index is 2.24. The van der Waals surface area contributed by atoms with E-state index in [0.29, 0.717) is 0 Å². The van der Waals surface area contributed by atoms with Gasteiger partial charge in [0.1, 0.15) is 0 Å². The zero-order valence-corrected chi connectivity index (χ0v) is 10.8. The van der Waals surface area contributed by atoms with Crippen LogP contribution in [0.25, 0.3) is 0 Å². The van der Waals surface area contributed by atoms with Gasteiger partial charge in [-0.1, -0.05) is 30.3 Å². The van der Waals surface area contributed by atoms with Gasteiger partial charge >= 0.3 is 12.1 Å². The molecule has 0 saturated carbocycles. The van der Waals surface area contributed by atoms with Crippen molar-refractivity contribution in [3.05, 3.63) is 65.2 Å². The summed E-state index contributed by atoms with van der Waals surface area (Å²) in [5.74, 6) is -1.14. The van der Waals surface area contributed by atoms with Crippen LogP contribution in [0.1, 0.15) is 21.5 Å². The Morgan fingerprint density at radius 1 is 1.05 bits per heavy atom. The average Bonchev–Trinajstić information content (AvgIpc) is 2.44. The van der Waals surface area contributed by atoms with Crippen LogP contribution in [0.15, 0.2) is 48.5 Å². The van der Waals surface area contributed by atoms with Crippen molar-refractivity contribution in [2.75, 3.05) is 5.32 Å². The molecule has 0 heterocycles. The first-order valence-electron chi connectivity index (χ1n) is 6.11. The van der Waals surface area contributed by atoms with Crippen LogP contribution < -0.4 is 5.32 Å². The SMILES string of the molecule is O=C(O)c1ccccc1NCc1ccccc1C(F)(F)F. The number of rotatable bonds is 4. The van der Waals surface area contributed by atoms with Gasteiger partial charge in [-0.3, -0.25) is 0 Å². The first-order chi connectivity index (χ1) is 9.89. The van der Waals surface area contributed by atoms with Gasteiger partial charge in [-0.15, -0.1) is 0 Å². The van der Waals surface area contributed by atoms with Crippen molar-refractivity contribution in [3.8, 4) is 0 Å². The molecule has 0 fully saturated rings. The lowest BCUT2D eigenvalue weighted by Crippen LogP contribution is -2.12. The summed E-state index contributed by atoms with van der Waals surface area (Å²) >= 11 is 0. The number of alkyl halides is 3. The number of carboxylic acids is 1. The van der Waals surface area contributed by atoms with E-state index >= 15 is 0 Å². The zero-order chi connectivity index (χ0) is 15.5. The van der Waals surface area contributed by atoms with Crippen LogP contribution in [0.2, 0.25) is 0 Å². The zero-order valence-electron chi connectivity index (χ0n) is 10.8. The predicted octanol–water partition coefficient (Wildman–Crippen LogP) is 4.02. The molecule has 0 bridgehead atoms. The average molecular weight is 295 g/mol. The molecule has 0 aromatic heterocycles. The first-order valence-corrected chi connectivity index (χ1v) is 6.11. The Bertz CT molecular complexity index is 653. The first kappa shape index (κ1) is 14.9. The Morgan fingerprint density at radius 3 is 2.33 bits per heavy atom. The lowest BCUT2D eigenvalue weighted by molar-refractivity contribution is -0.138. The van der Waals surface area contributed by atoms with Crippen LogP contribution in [0.5, 0.6) is 0 Å². The third-order valence-electron chi connectivity index (χ3n) is 2.95. The van der Waals surface area contributed by atoms with E-state index < -0.39 is 17.7 Å². The minimum absolute atomic E-state index is 0.0157. The van der Waals surface area contributed by atoms with Gasteiger partial charge < -0.3 is 10.4 Å². The third kappa shape index (κ3) is 3.53. The van der Waals surface area contributed by atoms with E-state index in [1.54, 1.807) is 12.1 Å². The second kappa shape index (κ2) is 5.87. The Morgan fingerprint density at radius 2 is 1.67 bits per heavy atom. The Hall–Kier alpha value is -2.50. The maximum atomic E-state index is 12.9. The predicted molar refractivity (Wildman–Crippen MR) is 72.2 cm³/mol. The van der Waals surface area contributed by atoms with E-state index in [1.807, 2.05) is 0 Å². The summed E-state index contributed by atoms with van der Waals surface area (Å²) in [6.45, 7) is -0.111. The molecule has 6 heteroatoms. The van der Waals surface area contributed by atoms with Crippen LogP contribution in [-0.4, -0.2) is 11.1 Å². The minimum Gasteiger partial charge on any atom is -0.478 e. The number of carbonyl (C=O) groups is 1. The highest BCUT2D eigenvalue weighted by molar-refractivity contribution is 5.94. The van der Waals surface area contributed by atoms with Crippen LogP contribution in [0.3, 0.4) is 0 Å². The number of aromatic carboxylic acids is 1. The van der Waals surface area contributed by atoms with Crippen molar-refractivity contribution in [1.29, 1.82) is 0 Å². The van der Waals surface area contributed by atoms with Crippen LogP contribution in [0, 0.1) is 0 Å². The highest BCUT2D eigenvalue weighted by Gasteiger charge is 2.32. The molecule has 3 nitrogen and oxygen atoms in total. The Labute approximate surface area is 119 Å². The number of benzene rings is 2. The lowest BCUT2D eigenvalue weighted by Gasteiger charge is -2.14. The molecule has 110 valence electrons. The second-order valence-corrected chi connectivity index (χ2v) is 4.36. The maximum Gasteiger partial charge on any atom is 0.416 e. The maximum absolute atomic E-state index is 12.9. The second-order valence-electron chi connectivity index (χ2n) is 4.36. The molecule has 2 aromatic carbocycles. The fraction of sp³-hybridized carbons (Fsp3) is 0.133. The standard InChI is InChI=1S/C15H12F3NO2/c16-15(17,18)12-7-3-1-5-10(12)9-19-13-8-4-2-6-11(13)14(20)21/h1-8,19H,9H2,(H,20,21). The van der Waals surface area contributed by atoms with Crippen molar-refractivity contribution in [2.45, 2.75) is 12.7 Å². The summed E-state index contributed by atoms with van der Waals surface area (Å²) in [6, 6.07) is 11.3. The number of nitrogens with one attached hydrogen (secondary N) is 1. The highest BCUT2D eigenvalue weighted by Crippen LogP contribution is 2.32. The molecule has 0 aliphatic rings. The number of para-hydroxylation sites is 1. The minimum atomic E-state index is -4.44. The summed E-state index contributed by atoms with van der Waals surface area (Å²) in [4.78, 5) is 11.0. The van der Waals surface area contributed by atoms with E-state index in [-0.39, 0.29) is 23.4 Å². The molecule has 0 aliphatic heterocycles. The summed E-state index contributed by atoms with van der Waals surface area (Å²) in [6.07, 6.45) is -4.44. The molecule has 2 N–H and O–H groups in total. The van der Waals surface area contributed by atoms with E-state index in [0.717, 1.165) is 6.07 Å². The van der Waals surface area contributed by atoms with E-state index in [9.17, 15) is 18.0 Å². The van der Waals surface area contributed by atoms with Gasteiger partial charge in [-0.05, 0) is 23.8 Å². The number of hydrogen-bond acceptors (Lipinski definition) is 2. The van der Waals surface area contributed by atoms with Gasteiger partial charge in [0.15, 0.2) is 0 Å². The fourth-order valence-corrected chi connectivity index (χ4v) is 1.97. The molecule has 0 amide bonds. The number of halogens is 3. The van der Waals surface area contributed by atoms with Crippen molar-refractivity contribution in [1.82, 2.24) is 0 Å². The molecular formula is C15H12F3NO2. The molecule has 0 atom stereocenters. The van der Waals surface area contributed by atoms with Gasteiger partial charge in [0.2, 0.25) is 0 Å². The van der Waals surface area contributed by atoms with Crippen LogP contribution in [0.4, 0.5) is 18.9 Å². The quantitative estimate of drug-likeness (QED) is 0.895. The van der Waals surface area contributed by atoms with E-state index in [4.69, 9.17) is 5.11 Å². The van der Waals surface area contributed by atoms with E-state index in [2.05, 4.69) is 5.32 Å². The van der Waals surface area contributed by atoms with Crippen molar-refractivity contribution >= 4 is 11.7 Å². The normalized spacial score (nSPS) is 11.2. The Kier molecular flexibility index (Phi) is 4.16. The lowest BCUT2D eigenvalue weighted by atomic mass is 10.1. The molecule has 2 aromatic rings. The van der Waals surface area contributed by atoms with Crippen LogP contribution >= 0.6 is 0 Å². The van der Waals surface area contributed by atoms with Gasteiger partial charge in [-0.2, -0.15) is 13.2 Å². The summed E-state index contributed by atoms with van der Waals surface area (Å²) in [5.41, 5.74) is -0.375. The third-order valence-corrected chi connectivity index (χ3v) is 2.95. The fourth-order valence-electron chi connectivity index (χ4n) is 1.97. The number of anilines is 1. The molecule has 0 aliphatic carbocycles. The topological polar surface area (TPSA) is 49.3 Å². The molecule has 0 saturated heterocycles. The van der Waals surface area contributed by atoms with Gasteiger partial charge in [0, 0.05) is 12.2 Å². The molecule has 0 unspecified atom stereocenters. The smallest absolute Gasteiger partial charge is 0.416 e. The number of hydrogen-bond donors (Lipinski definition) is 2. The summed E-state index contributed by atoms with van der Waals surface area (Å²) < 4.78 is 38.6.